The Hall–Kier alpha value is -1.12. The Labute approximate surface area is 147 Å². The van der Waals surface area contributed by atoms with Crippen molar-refractivity contribution in [3.8, 4) is 0 Å². The van der Waals surface area contributed by atoms with Crippen molar-refractivity contribution < 1.29 is 14.4 Å². The highest BCUT2D eigenvalue weighted by Crippen LogP contribution is 2.30. The number of ether oxygens (including phenoxy) is 1. The van der Waals surface area contributed by atoms with Crippen LogP contribution in [0, 0.1) is 0 Å². The number of hydrogen-bond acceptors (Lipinski definition) is 6. The molecule has 3 heterocycles. The number of thiol groups is 1. The van der Waals surface area contributed by atoms with Crippen molar-refractivity contribution in [1.82, 2.24) is 14.9 Å². The summed E-state index contributed by atoms with van der Waals surface area (Å²) in [6, 6.07) is 10.5. The Balaban J connectivity index is 1.35. The minimum Gasteiger partial charge on any atom is -0.347 e. The minimum atomic E-state index is -0.400. The lowest BCUT2D eigenvalue weighted by atomic mass is 10.00. The van der Waals surface area contributed by atoms with Crippen LogP contribution in [-0.4, -0.2) is 64.8 Å². The molecular weight excluding hydrogens is 326 g/mol. The van der Waals surface area contributed by atoms with Gasteiger partial charge in [0.05, 0.1) is 25.9 Å². The van der Waals surface area contributed by atoms with Gasteiger partial charge in [0.15, 0.2) is 5.56 Å². The van der Waals surface area contributed by atoms with Crippen molar-refractivity contribution in [3.05, 3.63) is 35.9 Å². The first kappa shape index (κ1) is 16.4. The van der Waals surface area contributed by atoms with E-state index in [2.05, 4.69) is 29.7 Å². The normalized spacial score (nSPS) is 33.1. The molecule has 130 valence electrons. The summed E-state index contributed by atoms with van der Waals surface area (Å²) in [5.74, 6) is 0.135. The molecule has 1 amide bonds. The monoisotopic (exact) mass is 349 g/mol. The fourth-order valence-corrected chi connectivity index (χ4v) is 4.07. The molecule has 3 saturated heterocycles. The second kappa shape index (κ2) is 7.01. The molecule has 1 aromatic rings. The van der Waals surface area contributed by atoms with Crippen LogP contribution in [0.5, 0.6) is 0 Å². The lowest BCUT2D eigenvalue weighted by Gasteiger charge is -2.33. The van der Waals surface area contributed by atoms with E-state index in [-0.39, 0.29) is 11.9 Å². The molecule has 4 rings (SSSR count). The SMILES string of the molecule is O=C([C@@H]1CC[C@@H]2CN1CN2OCc1ccccc1)N1CCOC1S. The van der Waals surface area contributed by atoms with Gasteiger partial charge in [-0.1, -0.05) is 30.3 Å². The molecule has 0 saturated carbocycles. The van der Waals surface area contributed by atoms with Crippen molar-refractivity contribution in [1.29, 1.82) is 0 Å². The van der Waals surface area contributed by atoms with Gasteiger partial charge in [-0.3, -0.25) is 14.5 Å². The third-order valence-corrected chi connectivity index (χ3v) is 5.49. The number of carbonyl (C=O) groups excluding carboxylic acids is 1. The van der Waals surface area contributed by atoms with Crippen molar-refractivity contribution in [2.75, 3.05) is 26.4 Å². The van der Waals surface area contributed by atoms with E-state index in [0.29, 0.717) is 32.5 Å². The summed E-state index contributed by atoms with van der Waals surface area (Å²) >= 11 is 4.34. The highest BCUT2D eigenvalue weighted by atomic mass is 32.1. The number of fused-ring (bicyclic) bond motifs is 2. The van der Waals surface area contributed by atoms with Gasteiger partial charge >= 0.3 is 0 Å². The van der Waals surface area contributed by atoms with E-state index in [0.717, 1.165) is 24.9 Å². The van der Waals surface area contributed by atoms with Crippen LogP contribution in [0.25, 0.3) is 0 Å². The number of amides is 1. The van der Waals surface area contributed by atoms with Crippen molar-refractivity contribution in [2.45, 2.75) is 37.1 Å². The largest absolute Gasteiger partial charge is 0.347 e. The van der Waals surface area contributed by atoms with Crippen LogP contribution in [-0.2, 0) is 21.0 Å². The maximum absolute atomic E-state index is 12.8. The standard InChI is InChI=1S/C17H23N3O3S/c21-16(19-8-9-22-17(19)24)15-7-6-14-10-18(15)12-20(14)23-11-13-4-2-1-3-5-13/h1-5,14-15,17,24H,6-12H2/t14-,15+,17?/m1/s1. The van der Waals surface area contributed by atoms with Gasteiger partial charge < -0.3 is 9.64 Å². The van der Waals surface area contributed by atoms with E-state index in [4.69, 9.17) is 9.57 Å². The van der Waals surface area contributed by atoms with Crippen LogP contribution in [0.3, 0.4) is 0 Å². The van der Waals surface area contributed by atoms with Crippen molar-refractivity contribution in [3.63, 3.8) is 0 Å². The number of nitrogens with zero attached hydrogens (tertiary/aromatic N) is 3. The maximum Gasteiger partial charge on any atom is 0.242 e. The summed E-state index contributed by atoms with van der Waals surface area (Å²) in [4.78, 5) is 22.7. The number of piperidine rings is 1. The Morgan fingerprint density at radius 3 is 2.88 bits per heavy atom. The third-order valence-electron chi connectivity index (χ3n) is 5.06. The van der Waals surface area contributed by atoms with Gasteiger partial charge in [-0.2, -0.15) is 5.06 Å². The molecule has 0 spiro atoms. The smallest absolute Gasteiger partial charge is 0.242 e. The van der Waals surface area contributed by atoms with E-state index < -0.39 is 5.56 Å². The fraction of sp³-hybridized carbons (Fsp3) is 0.588. The highest BCUT2D eigenvalue weighted by molar-refractivity contribution is 7.80. The second-order valence-corrected chi connectivity index (χ2v) is 7.01. The number of hydroxylamine groups is 2. The van der Waals surface area contributed by atoms with E-state index in [1.165, 1.54) is 0 Å². The van der Waals surface area contributed by atoms with E-state index in [1.807, 2.05) is 23.3 Å². The summed E-state index contributed by atoms with van der Waals surface area (Å²) in [7, 11) is 0. The molecule has 0 radical (unpaired) electrons. The van der Waals surface area contributed by atoms with E-state index >= 15 is 0 Å². The topological polar surface area (TPSA) is 45.2 Å². The van der Waals surface area contributed by atoms with Gasteiger partial charge in [0.25, 0.3) is 0 Å². The molecule has 0 N–H and O–H groups in total. The molecule has 2 unspecified atom stereocenters. The Bertz CT molecular complexity index is 588. The fourth-order valence-electron chi connectivity index (χ4n) is 3.73. The highest BCUT2D eigenvalue weighted by Gasteiger charge is 2.44. The van der Waals surface area contributed by atoms with Gasteiger partial charge in [0.2, 0.25) is 5.91 Å². The zero-order valence-electron chi connectivity index (χ0n) is 13.6. The lowest BCUT2D eigenvalue weighted by Crippen LogP contribution is -2.50. The predicted molar refractivity (Wildman–Crippen MR) is 91.9 cm³/mol. The molecular formula is C17H23N3O3S. The van der Waals surface area contributed by atoms with Crippen LogP contribution in [0.15, 0.2) is 30.3 Å². The van der Waals surface area contributed by atoms with E-state index in [9.17, 15) is 4.79 Å². The lowest BCUT2D eigenvalue weighted by molar-refractivity contribution is -0.182. The molecule has 24 heavy (non-hydrogen) atoms. The van der Waals surface area contributed by atoms with Crippen LogP contribution >= 0.6 is 12.6 Å². The first-order valence-electron chi connectivity index (χ1n) is 8.50. The molecule has 3 fully saturated rings. The minimum absolute atomic E-state index is 0.0806. The Morgan fingerprint density at radius 1 is 1.29 bits per heavy atom. The maximum atomic E-state index is 12.8. The molecule has 6 nitrogen and oxygen atoms in total. The van der Waals surface area contributed by atoms with Gasteiger partial charge in [-0.15, -0.1) is 12.6 Å². The summed E-state index contributed by atoms with van der Waals surface area (Å²) in [5, 5.41) is 2.04. The average Bonchev–Trinajstić information content (AvgIpc) is 3.17. The summed E-state index contributed by atoms with van der Waals surface area (Å²) < 4.78 is 5.38. The quantitative estimate of drug-likeness (QED) is 0.830. The summed E-state index contributed by atoms with van der Waals surface area (Å²) in [6.45, 7) is 3.34. The molecule has 1 aromatic carbocycles. The van der Waals surface area contributed by atoms with Crippen molar-refractivity contribution in [2.24, 2.45) is 0 Å². The molecule has 3 aliphatic rings. The van der Waals surface area contributed by atoms with Crippen molar-refractivity contribution >= 4 is 18.5 Å². The molecule has 2 bridgehead atoms. The van der Waals surface area contributed by atoms with Crippen LogP contribution in [0.4, 0.5) is 0 Å². The number of benzene rings is 1. The Kier molecular flexibility index (Phi) is 4.78. The zero-order valence-corrected chi connectivity index (χ0v) is 14.5. The molecule has 0 aromatic heterocycles. The summed E-state index contributed by atoms with van der Waals surface area (Å²) in [6.07, 6.45) is 1.85. The van der Waals surface area contributed by atoms with Crippen LogP contribution < -0.4 is 0 Å². The number of carbonyl (C=O) groups is 1. The number of hydrogen-bond donors (Lipinski definition) is 1. The Morgan fingerprint density at radius 2 is 2.12 bits per heavy atom. The molecule has 3 aliphatic heterocycles. The van der Waals surface area contributed by atoms with Gasteiger partial charge in [-0.05, 0) is 18.4 Å². The zero-order chi connectivity index (χ0) is 16.5. The number of rotatable bonds is 4. The predicted octanol–water partition coefficient (Wildman–Crippen LogP) is 1.30. The van der Waals surface area contributed by atoms with Crippen LogP contribution in [0.2, 0.25) is 0 Å². The second-order valence-electron chi connectivity index (χ2n) is 6.56. The van der Waals surface area contributed by atoms with E-state index in [1.54, 1.807) is 4.90 Å². The van der Waals surface area contributed by atoms with Gasteiger partial charge in [0.1, 0.15) is 0 Å². The van der Waals surface area contributed by atoms with Gasteiger partial charge in [0, 0.05) is 19.1 Å². The van der Waals surface area contributed by atoms with Gasteiger partial charge in [-0.25, -0.2) is 0 Å². The first-order chi connectivity index (χ1) is 11.7. The summed E-state index contributed by atoms with van der Waals surface area (Å²) in [5.41, 5.74) is 0.761. The molecule has 7 heteroatoms. The average molecular weight is 349 g/mol. The molecule has 4 atom stereocenters. The third kappa shape index (κ3) is 3.19. The van der Waals surface area contributed by atoms with Crippen LogP contribution in [0.1, 0.15) is 18.4 Å². The molecule has 0 aliphatic carbocycles. The first-order valence-corrected chi connectivity index (χ1v) is 9.02.